The highest BCUT2D eigenvalue weighted by Gasteiger charge is 2.32. The van der Waals surface area contributed by atoms with Gasteiger partial charge in [-0.1, -0.05) is 81.4 Å². The van der Waals surface area contributed by atoms with Gasteiger partial charge in [0.1, 0.15) is 16.5 Å². The zero-order chi connectivity index (χ0) is 26.2. The lowest BCUT2D eigenvalue weighted by atomic mass is 9.89. The van der Waals surface area contributed by atoms with Crippen LogP contribution in [0.25, 0.3) is 10.2 Å². The Kier molecular flexibility index (Phi) is 6.91. The van der Waals surface area contributed by atoms with Crippen molar-refractivity contribution in [3.63, 3.8) is 0 Å². The standard InChI is InChI=1S/C32H36N4OS/c1-21(2)29-33-30(28-25-15-14-22(3)20-26(25)38-31(28)34-29)35-16-18-36(19-17-35)32(37)27(23-10-6-4-7-11-23)24-12-8-5-9-13-24/h4-13,21-22,27H,14-20H2,1-3H3. The van der Waals surface area contributed by atoms with Gasteiger partial charge in [-0.15, -0.1) is 11.3 Å². The number of carbonyl (C=O) groups is 1. The Bertz CT molecular complexity index is 1380. The third-order valence-corrected chi connectivity index (χ3v) is 9.22. The molecule has 1 amide bonds. The molecule has 1 atom stereocenters. The van der Waals surface area contributed by atoms with Crippen molar-refractivity contribution < 1.29 is 4.79 Å². The molecule has 196 valence electrons. The van der Waals surface area contributed by atoms with Gasteiger partial charge in [0.15, 0.2) is 0 Å². The lowest BCUT2D eigenvalue weighted by Gasteiger charge is -2.37. The van der Waals surface area contributed by atoms with E-state index in [9.17, 15) is 4.79 Å². The van der Waals surface area contributed by atoms with Crippen molar-refractivity contribution in [2.24, 2.45) is 5.92 Å². The number of hydrogen-bond donors (Lipinski definition) is 0. The molecule has 1 unspecified atom stereocenters. The summed E-state index contributed by atoms with van der Waals surface area (Å²) in [6.07, 6.45) is 3.49. The second kappa shape index (κ2) is 10.5. The van der Waals surface area contributed by atoms with Gasteiger partial charge in [0.2, 0.25) is 5.91 Å². The van der Waals surface area contributed by atoms with Crippen LogP contribution in [0.5, 0.6) is 0 Å². The normalized spacial score (nSPS) is 17.9. The third-order valence-electron chi connectivity index (χ3n) is 8.07. The van der Waals surface area contributed by atoms with Crippen molar-refractivity contribution >= 4 is 33.3 Å². The van der Waals surface area contributed by atoms with Crippen LogP contribution in [0.1, 0.15) is 66.4 Å². The summed E-state index contributed by atoms with van der Waals surface area (Å²) in [5.41, 5.74) is 3.56. The molecule has 2 aromatic carbocycles. The van der Waals surface area contributed by atoms with Crippen LogP contribution in [0, 0.1) is 5.92 Å². The molecule has 5 nitrogen and oxygen atoms in total. The fourth-order valence-corrected chi connectivity index (χ4v) is 7.30. The van der Waals surface area contributed by atoms with Gasteiger partial charge < -0.3 is 9.80 Å². The van der Waals surface area contributed by atoms with E-state index in [4.69, 9.17) is 9.97 Å². The number of carbonyl (C=O) groups excluding carboxylic acids is 1. The summed E-state index contributed by atoms with van der Waals surface area (Å²) in [6, 6.07) is 20.4. The molecule has 1 saturated heterocycles. The van der Waals surface area contributed by atoms with Gasteiger partial charge >= 0.3 is 0 Å². The first-order valence-electron chi connectivity index (χ1n) is 14.0. The average Bonchev–Trinajstić information content (AvgIpc) is 3.31. The molecule has 6 heteroatoms. The smallest absolute Gasteiger partial charge is 0.234 e. The first-order chi connectivity index (χ1) is 18.5. The largest absolute Gasteiger partial charge is 0.352 e. The number of amides is 1. The van der Waals surface area contributed by atoms with Crippen LogP contribution in [0.3, 0.4) is 0 Å². The molecule has 0 saturated carbocycles. The highest BCUT2D eigenvalue weighted by atomic mass is 32.1. The van der Waals surface area contributed by atoms with Crippen LogP contribution in [0.4, 0.5) is 5.82 Å². The minimum absolute atomic E-state index is 0.180. The van der Waals surface area contributed by atoms with Gasteiger partial charge in [-0.2, -0.15) is 0 Å². The maximum Gasteiger partial charge on any atom is 0.234 e. The van der Waals surface area contributed by atoms with Gasteiger partial charge in [0.05, 0.1) is 11.3 Å². The van der Waals surface area contributed by atoms with E-state index in [0.717, 1.165) is 59.4 Å². The van der Waals surface area contributed by atoms with E-state index in [1.54, 1.807) is 0 Å². The molecule has 1 aliphatic heterocycles. The number of fused-ring (bicyclic) bond motifs is 3. The number of benzene rings is 2. The summed E-state index contributed by atoms with van der Waals surface area (Å²) in [5, 5.41) is 1.27. The second-order valence-electron chi connectivity index (χ2n) is 11.2. The van der Waals surface area contributed by atoms with Crippen LogP contribution in [-0.2, 0) is 17.6 Å². The van der Waals surface area contributed by atoms with E-state index in [1.165, 1.54) is 22.2 Å². The molecular weight excluding hydrogens is 488 g/mol. The summed E-state index contributed by atoms with van der Waals surface area (Å²) >= 11 is 1.88. The number of aryl methyl sites for hydroxylation is 1. The number of anilines is 1. The molecule has 0 radical (unpaired) electrons. The SMILES string of the molecule is CC1CCc2c(sc3nc(C(C)C)nc(N4CCN(C(=O)C(c5ccccc5)c5ccccc5)CC4)c23)C1. The monoisotopic (exact) mass is 524 g/mol. The van der Waals surface area contributed by atoms with E-state index >= 15 is 0 Å². The minimum Gasteiger partial charge on any atom is -0.352 e. The van der Waals surface area contributed by atoms with Crippen LogP contribution in [0.15, 0.2) is 60.7 Å². The molecule has 1 aliphatic carbocycles. The summed E-state index contributed by atoms with van der Waals surface area (Å²) in [5.74, 6) is 2.91. The Labute approximate surface area is 229 Å². The van der Waals surface area contributed by atoms with Crippen LogP contribution in [-0.4, -0.2) is 47.0 Å². The molecule has 0 bridgehead atoms. The summed E-state index contributed by atoms with van der Waals surface area (Å²) < 4.78 is 0. The van der Waals surface area contributed by atoms with Crippen LogP contribution < -0.4 is 4.90 Å². The number of aromatic nitrogens is 2. The Balaban J connectivity index is 1.28. The maximum atomic E-state index is 14.0. The lowest BCUT2D eigenvalue weighted by molar-refractivity contribution is -0.132. The van der Waals surface area contributed by atoms with Gasteiger partial charge in [-0.3, -0.25) is 4.79 Å². The molecule has 1 fully saturated rings. The zero-order valence-electron chi connectivity index (χ0n) is 22.6. The number of nitrogens with zero attached hydrogens (tertiary/aromatic N) is 4. The minimum atomic E-state index is -0.284. The van der Waals surface area contributed by atoms with E-state index in [-0.39, 0.29) is 17.7 Å². The Morgan fingerprint density at radius 3 is 2.16 bits per heavy atom. The summed E-state index contributed by atoms with van der Waals surface area (Å²) in [7, 11) is 0. The maximum absolute atomic E-state index is 14.0. The van der Waals surface area contributed by atoms with Crippen molar-refractivity contribution in [3.8, 4) is 0 Å². The summed E-state index contributed by atoms with van der Waals surface area (Å²) in [6.45, 7) is 9.66. The average molecular weight is 525 g/mol. The lowest BCUT2D eigenvalue weighted by Crippen LogP contribution is -2.50. The Morgan fingerprint density at radius 2 is 1.55 bits per heavy atom. The van der Waals surface area contributed by atoms with Gasteiger partial charge in [0, 0.05) is 37.0 Å². The van der Waals surface area contributed by atoms with E-state index < -0.39 is 0 Å². The molecule has 6 rings (SSSR count). The number of rotatable bonds is 5. The molecule has 0 spiro atoms. The van der Waals surface area contributed by atoms with Crippen molar-refractivity contribution in [1.82, 2.24) is 14.9 Å². The second-order valence-corrected chi connectivity index (χ2v) is 12.2. The zero-order valence-corrected chi connectivity index (χ0v) is 23.4. The van der Waals surface area contributed by atoms with Crippen LogP contribution in [0.2, 0.25) is 0 Å². The molecule has 0 N–H and O–H groups in total. The topological polar surface area (TPSA) is 49.3 Å². The van der Waals surface area contributed by atoms with Crippen molar-refractivity contribution in [3.05, 3.63) is 88.1 Å². The van der Waals surface area contributed by atoms with Crippen molar-refractivity contribution in [1.29, 1.82) is 0 Å². The Hall–Kier alpha value is -3.25. The molecular formula is C32H36N4OS. The Morgan fingerprint density at radius 1 is 0.921 bits per heavy atom. The predicted molar refractivity (Wildman–Crippen MR) is 156 cm³/mol. The summed E-state index contributed by atoms with van der Waals surface area (Å²) in [4.78, 5) is 31.2. The van der Waals surface area contributed by atoms with Crippen LogP contribution >= 0.6 is 11.3 Å². The van der Waals surface area contributed by atoms with Crippen molar-refractivity contribution in [2.45, 2.75) is 51.9 Å². The number of piperazine rings is 1. The predicted octanol–water partition coefficient (Wildman–Crippen LogP) is 6.42. The fourth-order valence-electron chi connectivity index (χ4n) is 5.92. The highest BCUT2D eigenvalue weighted by Crippen LogP contribution is 2.42. The van der Waals surface area contributed by atoms with Gasteiger partial charge in [-0.25, -0.2) is 9.97 Å². The molecule has 3 heterocycles. The molecule has 38 heavy (non-hydrogen) atoms. The van der Waals surface area contributed by atoms with Gasteiger partial charge in [-0.05, 0) is 41.9 Å². The first kappa shape index (κ1) is 25.1. The first-order valence-corrected chi connectivity index (χ1v) is 14.8. The molecule has 4 aromatic rings. The number of thiophene rings is 1. The van der Waals surface area contributed by atoms with Gasteiger partial charge in [0.25, 0.3) is 0 Å². The quantitative estimate of drug-likeness (QED) is 0.302. The van der Waals surface area contributed by atoms with E-state index in [2.05, 4.69) is 49.9 Å². The molecule has 2 aromatic heterocycles. The van der Waals surface area contributed by atoms with E-state index in [0.29, 0.717) is 13.1 Å². The molecule has 2 aliphatic rings. The fraction of sp³-hybridized carbons (Fsp3) is 0.406. The highest BCUT2D eigenvalue weighted by molar-refractivity contribution is 7.19. The van der Waals surface area contributed by atoms with E-state index in [1.807, 2.05) is 52.6 Å². The number of hydrogen-bond acceptors (Lipinski definition) is 5. The third kappa shape index (κ3) is 4.71. The van der Waals surface area contributed by atoms with Crippen molar-refractivity contribution in [2.75, 3.05) is 31.1 Å².